The maximum atomic E-state index is 3.64. The number of likely N-dealkylation sites (tertiary alicyclic amines) is 2. The Labute approximate surface area is 131 Å². The van der Waals surface area contributed by atoms with Gasteiger partial charge in [0.1, 0.15) is 0 Å². The third kappa shape index (κ3) is 4.94. The molecule has 3 aliphatic rings. The molecule has 21 heavy (non-hydrogen) atoms. The van der Waals surface area contributed by atoms with E-state index < -0.39 is 0 Å². The van der Waals surface area contributed by atoms with E-state index >= 15 is 0 Å². The van der Waals surface area contributed by atoms with Gasteiger partial charge in [0.15, 0.2) is 0 Å². The fourth-order valence-electron chi connectivity index (χ4n) is 4.15. The van der Waals surface area contributed by atoms with Crippen molar-refractivity contribution in [2.24, 2.45) is 0 Å². The summed E-state index contributed by atoms with van der Waals surface area (Å²) in [4.78, 5) is 5.53. The molecule has 3 heteroatoms. The van der Waals surface area contributed by atoms with E-state index in [1.807, 2.05) is 0 Å². The molecule has 1 aliphatic carbocycles. The van der Waals surface area contributed by atoms with Crippen molar-refractivity contribution in [1.29, 1.82) is 0 Å². The SMILES string of the molecule is CC(CCCNC1CC1)N1CCC(N2CCCCC2)CC1. The van der Waals surface area contributed by atoms with Gasteiger partial charge in [-0.1, -0.05) is 6.42 Å². The Morgan fingerprint density at radius 1 is 0.952 bits per heavy atom. The Morgan fingerprint density at radius 3 is 2.33 bits per heavy atom. The maximum Gasteiger partial charge on any atom is 0.0120 e. The minimum Gasteiger partial charge on any atom is -0.314 e. The molecule has 0 bridgehead atoms. The second-order valence-corrected chi connectivity index (χ2v) is 7.58. The van der Waals surface area contributed by atoms with Gasteiger partial charge in [0, 0.05) is 18.1 Å². The second-order valence-electron chi connectivity index (χ2n) is 7.58. The third-order valence-corrected chi connectivity index (χ3v) is 5.84. The van der Waals surface area contributed by atoms with Crippen molar-refractivity contribution in [2.75, 3.05) is 32.7 Å². The fourth-order valence-corrected chi connectivity index (χ4v) is 4.15. The van der Waals surface area contributed by atoms with E-state index in [0.29, 0.717) is 0 Å². The molecule has 1 atom stereocenters. The molecule has 0 aromatic rings. The topological polar surface area (TPSA) is 18.5 Å². The minimum absolute atomic E-state index is 0.785. The van der Waals surface area contributed by atoms with Crippen LogP contribution >= 0.6 is 0 Å². The Hall–Kier alpha value is -0.120. The first-order valence-corrected chi connectivity index (χ1v) is 9.54. The fraction of sp³-hybridized carbons (Fsp3) is 1.00. The quantitative estimate of drug-likeness (QED) is 0.728. The maximum absolute atomic E-state index is 3.64. The summed E-state index contributed by atoms with van der Waals surface area (Å²) in [7, 11) is 0. The van der Waals surface area contributed by atoms with Crippen molar-refractivity contribution >= 4 is 0 Å². The summed E-state index contributed by atoms with van der Waals surface area (Å²) >= 11 is 0. The molecule has 0 amide bonds. The smallest absolute Gasteiger partial charge is 0.0120 e. The summed E-state index contributed by atoms with van der Waals surface area (Å²) in [5, 5.41) is 3.64. The van der Waals surface area contributed by atoms with Gasteiger partial charge in [0.05, 0.1) is 0 Å². The highest BCUT2D eigenvalue weighted by Gasteiger charge is 2.27. The highest BCUT2D eigenvalue weighted by Crippen LogP contribution is 2.23. The number of hydrogen-bond donors (Lipinski definition) is 1. The minimum atomic E-state index is 0.785. The lowest BCUT2D eigenvalue weighted by Gasteiger charge is -2.42. The van der Waals surface area contributed by atoms with Gasteiger partial charge in [-0.2, -0.15) is 0 Å². The lowest BCUT2D eigenvalue weighted by atomic mass is 9.98. The molecule has 2 heterocycles. The first-order valence-electron chi connectivity index (χ1n) is 9.54. The number of nitrogens with zero attached hydrogens (tertiary/aromatic N) is 2. The summed E-state index contributed by atoms with van der Waals surface area (Å²) in [6.07, 6.45) is 12.7. The summed E-state index contributed by atoms with van der Waals surface area (Å²) in [5.41, 5.74) is 0. The van der Waals surface area contributed by atoms with Crippen molar-refractivity contribution in [1.82, 2.24) is 15.1 Å². The molecule has 3 nitrogen and oxygen atoms in total. The predicted molar refractivity (Wildman–Crippen MR) is 89.7 cm³/mol. The lowest BCUT2D eigenvalue weighted by Crippen LogP contribution is -2.48. The summed E-state index contributed by atoms with van der Waals surface area (Å²) < 4.78 is 0. The molecule has 122 valence electrons. The monoisotopic (exact) mass is 293 g/mol. The first-order chi connectivity index (χ1) is 10.3. The second kappa shape index (κ2) is 7.94. The Morgan fingerprint density at radius 2 is 1.67 bits per heavy atom. The normalized spacial score (nSPS) is 27.9. The van der Waals surface area contributed by atoms with E-state index in [1.165, 1.54) is 90.5 Å². The number of hydrogen-bond acceptors (Lipinski definition) is 3. The molecule has 0 radical (unpaired) electrons. The molecule has 1 saturated carbocycles. The first kappa shape index (κ1) is 15.8. The summed E-state index contributed by atoms with van der Waals surface area (Å²) in [6.45, 7) is 9.08. The molecule has 2 saturated heterocycles. The lowest BCUT2D eigenvalue weighted by molar-refractivity contribution is 0.0735. The van der Waals surface area contributed by atoms with Crippen LogP contribution in [0.15, 0.2) is 0 Å². The highest BCUT2D eigenvalue weighted by molar-refractivity contribution is 4.84. The zero-order valence-electron chi connectivity index (χ0n) is 14.0. The van der Waals surface area contributed by atoms with Gasteiger partial charge in [-0.05, 0) is 91.0 Å². The third-order valence-electron chi connectivity index (χ3n) is 5.84. The van der Waals surface area contributed by atoms with Crippen LogP contribution in [-0.4, -0.2) is 60.6 Å². The summed E-state index contributed by atoms with van der Waals surface area (Å²) in [5.74, 6) is 0. The number of rotatable bonds is 7. The van der Waals surface area contributed by atoms with Gasteiger partial charge in [-0.3, -0.25) is 0 Å². The Kier molecular flexibility index (Phi) is 5.96. The molecular weight excluding hydrogens is 258 g/mol. The summed E-state index contributed by atoms with van der Waals surface area (Å²) in [6, 6.07) is 2.55. The van der Waals surface area contributed by atoms with Gasteiger partial charge in [-0.15, -0.1) is 0 Å². The van der Waals surface area contributed by atoms with E-state index in [4.69, 9.17) is 0 Å². The average Bonchev–Trinajstić information content (AvgIpc) is 3.37. The van der Waals surface area contributed by atoms with Crippen LogP contribution in [0, 0.1) is 0 Å². The van der Waals surface area contributed by atoms with Crippen LogP contribution in [0.5, 0.6) is 0 Å². The van der Waals surface area contributed by atoms with Crippen LogP contribution in [0.25, 0.3) is 0 Å². The molecule has 3 rings (SSSR count). The standard InChI is InChI=1S/C18H35N3/c1-16(6-5-11-19-17-7-8-17)20-14-9-18(10-15-20)21-12-3-2-4-13-21/h16-19H,2-15H2,1H3. The zero-order chi connectivity index (χ0) is 14.5. The molecular formula is C18H35N3. The average molecular weight is 293 g/mol. The van der Waals surface area contributed by atoms with Crippen molar-refractivity contribution in [3.63, 3.8) is 0 Å². The molecule has 2 aliphatic heterocycles. The van der Waals surface area contributed by atoms with Crippen LogP contribution in [0.2, 0.25) is 0 Å². The van der Waals surface area contributed by atoms with Gasteiger partial charge in [-0.25, -0.2) is 0 Å². The van der Waals surface area contributed by atoms with Crippen molar-refractivity contribution in [2.45, 2.75) is 82.8 Å². The van der Waals surface area contributed by atoms with Gasteiger partial charge < -0.3 is 15.1 Å². The molecule has 1 unspecified atom stereocenters. The molecule has 0 spiro atoms. The van der Waals surface area contributed by atoms with E-state index in [9.17, 15) is 0 Å². The van der Waals surface area contributed by atoms with Gasteiger partial charge in [0.25, 0.3) is 0 Å². The Bertz CT molecular complexity index is 289. The van der Waals surface area contributed by atoms with E-state index in [1.54, 1.807) is 0 Å². The van der Waals surface area contributed by atoms with Crippen molar-refractivity contribution in [3.05, 3.63) is 0 Å². The highest BCUT2D eigenvalue weighted by atomic mass is 15.2. The van der Waals surface area contributed by atoms with Crippen LogP contribution in [0.4, 0.5) is 0 Å². The number of piperidine rings is 2. The van der Waals surface area contributed by atoms with Crippen LogP contribution < -0.4 is 5.32 Å². The zero-order valence-corrected chi connectivity index (χ0v) is 14.0. The molecule has 0 aromatic carbocycles. The number of nitrogens with one attached hydrogen (secondary N) is 1. The predicted octanol–water partition coefficient (Wildman–Crippen LogP) is 2.86. The van der Waals surface area contributed by atoms with E-state index in [0.717, 1.165) is 18.1 Å². The van der Waals surface area contributed by atoms with Crippen LogP contribution in [0.1, 0.15) is 64.7 Å². The van der Waals surface area contributed by atoms with Crippen LogP contribution in [0.3, 0.4) is 0 Å². The van der Waals surface area contributed by atoms with Crippen LogP contribution in [-0.2, 0) is 0 Å². The van der Waals surface area contributed by atoms with E-state index in [2.05, 4.69) is 22.0 Å². The van der Waals surface area contributed by atoms with E-state index in [-0.39, 0.29) is 0 Å². The van der Waals surface area contributed by atoms with Crippen molar-refractivity contribution < 1.29 is 0 Å². The van der Waals surface area contributed by atoms with Gasteiger partial charge in [0.2, 0.25) is 0 Å². The molecule has 3 fully saturated rings. The molecule has 1 N–H and O–H groups in total. The molecule has 0 aromatic heterocycles. The Balaban J connectivity index is 1.30. The van der Waals surface area contributed by atoms with Gasteiger partial charge >= 0.3 is 0 Å². The van der Waals surface area contributed by atoms with Crippen molar-refractivity contribution in [3.8, 4) is 0 Å². The largest absolute Gasteiger partial charge is 0.314 e.